The fourth-order valence-corrected chi connectivity index (χ4v) is 3.19. The molecule has 1 aromatic carbocycles. The molecule has 1 heterocycles. The first-order valence-corrected chi connectivity index (χ1v) is 8.10. The molecule has 1 saturated carbocycles. The van der Waals surface area contributed by atoms with E-state index in [0.717, 1.165) is 28.9 Å². The van der Waals surface area contributed by atoms with Gasteiger partial charge in [0.15, 0.2) is 0 Å². The summed E-state index contributed by atoms with van der Waals surface area (Å²) in [6.07, 6.45) is 2.58. The second-order valence-electron chi connectivity index (χ2n) is 5.85. The highest BCUT2D eigenvalue weighted by Gasteiger charge is 2.30. The second-order valence-corrected chi connectivity index (χ2v) is 6.64. The van der Waals surface area contributed by atoms with Crippen LogP contribution in [-0.4, -0.2) is 20.7 Å². The zero-order chi connectivity index (χ0) is 15.0. The highest BCUT2D eigenvalue weighted by molar-refractivity contribution is 9.10. The van der Waals surface area contributed by atoms with Crippen LogP contribution in [0.15, 0.2) is 28.7 Å². The minimum atomic E-state index is 0.688. The fourth-order valence-electron chi connectivity index (χ4n) is 2.72. The molecule has 3 rings (SSSR count). The number of anilines is 1. The van der Waals surface area contributed by atoms with Crippen molar-refractivity contribution in [2.24, 2.45) is 7.05 Å². The van der Waals surface area contributed by atoms with E-state index in [1.165, 1.54) is 24.1 Å². The maximum atomic E-state index is 5.89. The summed E-state index contributed by atoms with van der Waals surface area (Å²) >= 11 is 3.67. The number of nitrogens with two attached hydrogens (primary N) is 1. The number of aryl methyl sites for hydroxylation is 2. The molecule has 0 bridgehead atoms. The Morgan fingerprint density at radius 3 is 2.71 bits per heavy atom. The van der Waals surface area contributed by atoms with Gasteiger partial charge in [0, 0.05) is 31.9 Å². The fraction of sp³-hybridized carbons (Fsp3) is 0.438. The smallest absolute Gasteiger partial charge is 0.0739 e. The van der Waals surface area contributed by atoms with E-state index in [9.17, 15) is 0 Å². The van der Waals surface area contributed by atoms with Crippen molar-refractivity contribution < 1.29 is 0 Å². The molecule has 1 aromatic heterocycles. The third-order valence-corrected chi connectivity index (χ3v) is 5.05. The summed E-state index contributed by atoms with van der Waals surface area (Å²) in [4.78, 5) is 2.52. The zero-order valence-corrected chi connectivity index (χ0v) is 14.1. The van der Waals surface area contributed by atoms with E-state index in [1.807, 2.05) is 30.8 Å². The van der Waals surface area contributed by atoms with Crippen LogP contribution in [0, 0.1) is 6.92 Å². The first kappa shape index (κ1) is 14.6. The Balaban J connectivity index is 1.79. The lowest BCUT2D eigenvalue weighted by molar-refractivity contribution is 0.238. The molecule has 0 saturated heterocycles. The van der Waals surface area contributed by atoms with E-state index >= 15 is 0 Å². The standard InChI is InChI=1S/C16H21BrN4/c1-11-16(17)15(20(2)19-11)10-21(14-6-7-14)9-12-4-3-5-13(18)8-12/h3-5,8,14H,6-7,9-10,18H2,1-2H3. The van der Waals surface area contributed by atoms with E-state index in [1.54, 1.807) is 0 Å². The molecular formula is C16H21BrN4. The van der Waals surface area contributed by atoms with Gasteiger partial charge in [-0.25, -0.2) is 0 Å². The number of benzene rings is 1. The summed E-state index contributed by atoms with van der Waals surface area (Å²) in [5.41, 5.74) is 10.3. The normalized spacial score (nSPS) is 14.9. The number of aromatic nitrogens is 2. The Bertz CT molecular complexity index is 646. The van der Waals surface area contributed by atoms with Gasteiger partial charge in [-0.2, -0.15) is 5.10 Å². The van der Waals surface area contributed by atoms with Crippen LogP contribution < -0.4 is 5.73 Å². The van der Waals surface area contributed by atoms with Crippen LogP contribution in [-0.2, 0) is 20.1 Å². The van der Waals surface area contributed by atoms with Crippen LogP contribution in [0.2, 0.25) is 0 Å². The quantitative estimate of drug-likeness (QED) is 0.843. The monoisotopic (exact) mass is 348 g/mol. The van der Waals surface area contributed by atoms with Gasteiger partial charge in [-0.3, -0.25) is 9.58 Å². The Morgan fingerprint density at radius 2 is 2.14 bits per heavy atom. The SMILES string of the molecule is Cc1nn(C)c(CN(Cc2cccc(N)c2)C2CC2)c1Br. The first-order chi connectivity index (χ1) is 10.0. The average Bonchev–Trinajstić information content (AvgIpc) is 3.23. The molecule has 21 heavy (non-hydrogen) atoms. The average molecular weight is 349 g/mol. The van der Waals surface area contributed by atoms with Gasteiger partial charge in [-0.1, -0.05) is 12.1 Å². The maximum absolute atomic E-state index is 5.89. The molecule has 0 radical (unpaired) electrons. The summed E-state index contributed by atoms with van der Waals surface area (Å²) in [5.74, 6) is 0. The van der Waals surface area contributed by atoms with Crippen molar-refractivity contribution in [2.75, 3.05) is 5.73 Å². The number of hydrogen-bond acceptors (Lipinski definition) is 3. The molecule has 0 amide bonds. The van der Waals surface area contributed by atoms with Gasteiger partial charge in [-0.05, 0) is 53.4 Å². The highest BCUT2D eigenvalue weighted by Crippen LogP contribution is 2.32. The van der Waals surface area contributed by atoms with E-state index in [0.29, 0.717) is 6.04 Å². The van der Waals surface area contributed by atoms with Crippen molar-refractivity contribution in [3.63, 3.8) is 0 Å². The molecule has 2 aromatic rings. The van der Waals surface area contributed by atoms with Crippen molar-refractivity contribution in [1.29, 1.82) is 0 Å². The summed E-state index contributed by atoms with van der Waals surface area (Å²) in [6, 6.07) is 8.87. The van der Waals surface area contributed by atoms with Crippen LogP contribution in [0.5, 0.6) is 0 Å². The van der Waals surface area contributed by atoms with Crippen LogP contribution >= 0.6 is 15.9 Å². The summed E-state index contributed by atoms with van der Waals surface area (Å²) in [6.45, 7) is 3.89. The minimum Gasteiger partial charge on any atom is -0.399 e. The molecule has 4 nitrogen and oxygen atoms in total. The number of hydrogen-bond donors (Lipinski definition) is 1. The molecule has 0 aliphatic heterocycles. The van der Waals surface area contributed by atoms with Crippen molar-refractivity contribution in [3.05, 3.63) is 45.7 Å². The van der Waals surface area contributed by atoms with Crippen LogP contribution in [0.25, 0.3) is 0 Å². The Labute approximate surface area is 134 Å². The molecule has 0 unspecified atom stereocenters. The van der Waals surface area contributed by atoms with Crippen molar-refractivity contribution >= 4 is 21.6 Å². The van der Waals surface area contributed by atoms with Gasteiger partial charge in [0.05, 0.1) is 15.9 Å². The molecule has 2 N–H and O–H groups in total. The van der Waals surface area contributed by atoms with E-state index in [2.05, 4.69) is 38.1 Å². The number of halogens is 1. The van der Waals surface area contributed by atoms with Gasteiger partial charge >= 0.3 is 0 Å². The largest absolute Gasteiger partial charge is 0.399 e. The molecule has 0 spiro atoms. The van der Waals surface area contributed by atoms with Gasteiger partial charge in [0.25, 0.3) is 0 Å². The Morgan fingerprint density at radius 1 is 1.38 bits per heavy atom. The topological polar surface area (TPSA) is 47.1 Å². The van der Waals surface area contributed by atoms with Crippen LogP contribution in [0.1, 0.15) is 29.8 Å². The Hall–Kier alpha value is -1.33. The first-order valence-electron chi connectivity index (χ1n) is 7.31. The lowest BCUT2D eigenvalue weighted by Crippen LogP contribution is -2.26. The van der Waals surface area contributed by atoms with Gasteiger partial charge in [-0.15, -0.1) is 0 Å². The van der Waals surface area contributed by atoms with Crippen molar-refractivity contribution in [2.45, 2.75) is 38.9 Å². The summed E-state index contributed by atoms with van der Waals surface area (Å²) in [5, 5.41) is 4.49. The highest BCUT2D eigenvalue weighted by atomic mass is 79.9. The lowest BCUT2D eigenvalue weighted by atomic mass is 10.2. The van der Waals surface area contributed by atoms with Gasteiger partial charge < -0.3 is 5.73 Å². The van der Waals surface area contributed by atoms with E-state index < -0.39 is 0 Å². The summed E-state index contributed by atoms with van der Waals surface area (Å²) in [7, 11) is 2.01. The minimum absolute atomic E-state index is 0.688. The third-order valence-electron chi connectivity index (χ3n) is 4.01. The number of nitrogen functional groups attached to an aromatic ring is 1. The molecule has 1 aliphatic rings. The number of rotatable bonds is 5. The van der Waals surface area contributed by atoms with Crippen LogP contribution in [0.4, 0.5) is 5.69 Å². The predicted octanol–water partition coefficient (Wildman–Crippen LogP) is 3.24. The molecule has 1 fully saturated rings. The van der Waals surface area contributed by atoms with Crippen molar-refractivity contribution in [3.8, 4) is 0 Å². The van der Waals surface area contributed by atoms with E-state index in [4.69, 9.17) is 5.73 Å². The zero-order valence-electron chi connectivity index (χ0n) is 12.5. The molecular weight excluding hydrogens is 328 g/mol. The van der Waals surface area contributed by atoms with Gasteiger partial charge in [0.2, 0.25) is 0 Å². The molecule has 1 aliphatic carbocycles. The van der Waals surface area contributed by atoms with E-state index in [-0.39, 0.29) is 0 Å². The van der Waals surface area contributed by atoms with Gasteiger partial charge in [0.1, 0.15) is 0 Å². The summed E-state index contributed by atoms with van der Waals surface area (Å²) < 4.78 is 3.11. The maximum Gasteiger partial charge on any atom is 0.0739 e. The molecule has 5 heteroatoms. The van der Waals surface area contributed by atoms with Crippen molar-refractivity contribution in [1.82, 2.24) is 14.7 Å². The lowest BCUT2D eigenvalue weighted by Gasteiger charge is -2.22. The Kier molecular flexibility index (Phi) is 4.04. The number of nitrogens with zero attached hydrogens (tertiary/aromatic N) is 3. The van der Waals surface area contributed by atoms with Crippen LogP contribution in [0.3, 0.4) is 0 Å². The second kappa shape index (κ2) is 5.81. The predicted molar refractivity (Wildman–Crippen MR) is 88.8 cm³/mol. The molecule has 0 atom stereocenters. The molecule has 112 valence electrons. The third kappa shape index (κ3) is 3.30.